The monoisotopic (exact) mass is 435 g/mol. The van der Waals surface area contributed by atoms with Crippen molar-refractivity contribution in [3.63, 3.8) is 0 Å². The molecular weight excluding hydrogens is 402 g/mol. The zero-order valence-corrected chi connectivity index (χ0v) is 19.2. The number of anilines is 1. The number of nitrogen functional groups attached to an aromatic ring is 1. The molecule has 0 spiro atoms. The normalized spacial score (nSPS) is 10.7. The van der Waals surface area contributed by atoms with E-state index in [1.807, 2.05) is 43.3 Å². The van der Waals surface area contributed by atoms with Gasteiger partial charge in [0.05, 0.1) is 14.2 Å². The van der Waals surface area contributed by atoms with Crippen LogP contribution in [0.3, 0.4) is 0 Å². The lowest BCUT2D eigenvalue weighted by molar-refractivity contribution is 0.296. The maximum atomic E-state index is 6.13. The Balaban J connectivity index is 1.55. The highest BCUT2D eigenvalue weighted by Gasteiger charge is 2.12. The molecule has 0 saturated carbocycles. The maximum absolute atomic E-state index is 6.13. The van der Waals surface area contributed by atoms with E-state index < -0.39 is 0 Å². The molecule has 3 aromatic rings. The number of ether oxygens (including phenoxy) is 3. The zero-order chi connectivity index (χ0) is 22.8. The predicted molar refractivity (Wildman–Crippen MR) is 128 cm³/mol. The number of nitrogens with one attached hydrogen (secondary N) is 1. The molecule has 0 radical (unpaired) electrons. The van der Waals surface area contributed by atoms with Crippen LogP contribution < -0.4 is 25.3 Å². The molecule has 0 amide bonds. The van der Waals surface area contributed by atoms with Gasteiger partial charge in [-0.1, -0.05) is 30.3 Å². The molecule has 2 aromatic carbocycles. The third-order valence-corrected chi connectivity index (χ3v) is 5.20. The highest BCUT2D eigenvalue weighted by Crippen LogP contribution is 2.35. The fourth-order valence-electron chi connectivity index (χ4n) is 3.59. The van der Waals surface area contributed by atoms with Gasteiger partial charge in [-0.25, -0.2) is 4.98 Å². The average molecular weight is 436 g/mol. The smallest absolute Gasteiger partial charge is 0.164 e. The van der Waals surface area contributed by atoms with Crippen LogP contribution in [0, 0.1) is 6.92 Å². The first-order valence-electron chi connectivity index (χ1n) is 10.9. The number of nitrogens with zero attached hydrogens (tertiary/aromatic N) is 1. The fraction of sp³-hybridized carbons (Fsp3) is 0.346. The van der Waals surface area contributed by atoms with Gasteiger partial charge < -0.3 is 25.3 Å². The van der Waals surface area contributed by atoms with Gasteiger partial charge in [0.1, 0.15) is 18.2 Å². The molecule has 0 saturated heterocycles. The molecule has 1 aromatic heterocycles. The minimum atomic E-state index is 0.496. The molecule has 1 heterocycles. The first-order chi connectivity index (χ1) is 15.6. The lowest BCUT2D eigenvalue weighted by Gasteiger charge is -2.16. The summed E-state index contributed by atoms with van der Waals surface area (Å²) in [4.78, 5) is 4.41. The predicted octanol–water partition coefficient (Wildman–Crippen LogP) is 4.68. The highest BCUT2D eigenvalue weighted by atomic mass is 16.5. The molecule has 0 bridgehead atoms. The number of unbranched alkanes of at least 4 members (excludes halogenated alkanes) is 1. The first-order valence-corrected chi connectivity index (χ1v) is 10.9. The molecule has 3 N–H and O–H groups in total. The van der Waals surface area contributed by atoms with Crippen LogP contribution in [0.1, 0.15) is 35.2 Å². The first kappa shape index (κ1) is 23.4. The summed E-state index contributed by atoms with van der Waals surface area (Å²) < 4.78 is 17.1. The fourth-order valence-corrected chi connectivity index (χ4v) is 3.59. The van der Waals surface area contributed by atoms with E-state index in [1.165, 1.54) is 0 Å². The summed E-state index contributed by atoms with van der Waals surface area (Å²) in [7, 11) is 3.28. The van der Waals surface area contributed by atoms with Crippen molar-refractivity contribution in [2.24, 2.45) is 0 Å². The molecule has 6 nitrogen and oxygen atoms in total. The largest absolute Gasteiger partial charge is 0.493 e. The molecule has 6 heteroatoms. The molecule has 170 valence electrons. The van der Waals surface area contributed by atoms with Gasteiger partial charge in [0, 0.05) is 23.9 Å². The van der Waals surface area contributed by atoms with E-state index in [0.29, 0.717) is 30.5 Å². The Bertz CT molecular complexity index is 973. The molecule has 32 heavy (non-hydrogen) atoms. The molecule has 3 rings (SSSR count). The number of aromatic nitrogens is 1. The third-order valence-electron chi connectivity index (χ3n) is 5.20. The van der Waals surface area contributed by atoms with Crippen LogP contribution in [-0.2, 0) is 19.6 Å². The van der Waals surface area contributed by atoms with Gasteiger partial charge in [-0.3, -0.25) is 0 Å². The zero-order valence-electron chi connectivity index (χ0n) is 19.2. The minimum Gasteiger partial charge on any atom is -0.493 e. The van der Waals surface area contributed by atoms with Gasteiger partial charge in [0.25, 0.3) is 0 Å². The van der Waals surface area contributed by atoms with Crippen LogP contribution in [0.25, 0.3) is 0 Å². The van der Waals surface area contributed by atoms with Crippen molar-refractivity contribution >= 4 is 5.82 Å². The SMILES string of the molecule is COc1cc(CNCCCCc2cc(C)cc(N)n2)c(OCc2ccccc2)cc1OC. The second kappa shape index (κ2) is 12.0. The van der Waals surface area contributed by atoms with Crippen LogP contribution in [0.2, 0.25) is 0 Å². The van der Waals surface area contributed by atoms with E-state index in [-0.39, 0.29) is 0 Å². The van der Waals surface area contributed by atoms with Crippen molar-refractivity contribution in [2.75, 3.05) is 26.5 Å². The number of hydrogen-bond donors (Lipinski definition) is 2. The quantitative estimate of drug-likeness (QED) is 0.402. The van der Waals surface area contributed by atoms with Crippen LogP contribution in [0.15, 0.2) is 54.6 Å². The van der Waals surface area contributed by atoms with Crippen LogP contribution >= 0.6 is 0 Å². The van der Waals surface area contributed by atoms with Crippen LogP contribution in [-0.4, -0.2) is 25.7 Å². The van der Waals surface area contributed by atoms with Crippen LogP contribution in [0.5, 0.6) is 17.2 Å². The topological polar surface area (TPSA) is 78.6 Å². The molecule has 0 aliphatic carbocycles. The van der Waals surface area contributed by atoms with Gasteiger partial charge >= 0.3 is 0 Å². The summed E-state index contributed by atoms with van der Waals surface area (Å²) in [5, 5.41) is 3.52. The Kier molecular flexibility index (Phi) is 8.75. The molecule has 0 aliphatic heterocycles. The highest BCUT2D eigenvalue weighted by molar-refractivity contribution is 5.50. The van der Waals surface area contributed by atoms with Gasteiger partial charge in [-0.2, -0.15) is 0 Å². The summed E-state index contributed by atoms with van der Waals surface area (Å²) in [6.45, 7) is 4.12. The summed E-state index contributed by atoms with van der Waals surface area (Å²) in [5.41, 5.74) is 10.2. The van der Waals surface area contributed by atoms with Crippen molar-refractivity contribution in [1.29, 1.82) is 0 Å². The second-order valence-corrected chi connectivity index (χ2v) is 7.78. The van der Waals surface area contributed by atoms with E-state index in [1.54, 1.807) is 14.2 Å². The van der Waals surface area contributed by atoms with E-state index in [0.717, 1.165) is 53.9 Å². The van der Waals surface area contributed by atoms with E-state index in [9.17, 15) is 0 Å². The standard InChI is InChI=1S/C26H33N3O3/c1-19-13-22(29-26(27)14-19)11-7-8-12-28-17-21-15-24(30-2)25(31-3)16-23(21)32-18-20-9-5-4-6-10-20/h4-6,9-10,13-16,28H,7-8,11-12,17-18H2,1-3H3,(H2,27,29). The van der Waals surface area contributed by atoms with Crippen molar-refractivity contribution < 1.29 is 14.2 Å². The number of benzene rings is 2. The van der Waals surface area contributed by atoms with Gasteiger partial charge in [-0.05, 0) is 62.1 Å². The van der Waals surface area contributed by atoms with E-state index in [4.69, 9.17) is 19.9 Å². The number of hydrogen-bond acceptors (Lipinski definition) is 6. The summed E-state index contributed by atoms with van der Waals surface area (Å²) in [5.74, 6) is 2.73. The minimum absolute atomic E-state index is 0.496. The van der Waals surface area contributed by atoms with Crippen molar-refractivity contribution in [1.82, 2.24) is 10.3 Å². The van der Waals surface area contributed by atoms with Gasteiger partial charge in [-0.15, -0.1) is 0 Å². The maximum Gasteiger partial charge on any atom is 0.164 e. The molecule has 0 atom stereocenters. The summed E-state index contributed by atoms with van der Waals surface area (Å²) >= 11 is 0. The molecule has 0 aliphatic rings. The lowest BCUT2D eigenvalue weighted by atomic mass is 10.1. The van der Waals surface area contributed by atoms with Crippen LogP contribution in [0.4, 0.5) is 5.82 Å². The Morgan fingerprint density at radius 1 is 0.906 bits per heavy atom. The number of aryl methyl sites for hydroxylation is 2. The summed E-state index contributed by atoms with van der Waals surface area (Å²) in [6.07, 6.45) is 3.02. The molecular formula is C26H33N3O3. The van der Waals surface area contributed by atoms with Crippen molar-refractivity contribution in [3.05, 3.63) is 77.0 Å². The Morgan fingerprint density at radius 2 is 1.66 bits per heavy atom. The van der Waals surface area contributed by atoms with Crippen molar-refractivity contribution in [2.45, 2.75) is 39.3 Å². The number of methoxy groups -OCH3 is 2. The Labute approximate surface area is 190 Å². The average Bonchev–Trinajstić information content (AvgIpc) is 2.80. The van der Waals surface area contributed by atoms with E-state index in [2.05, 4.69) is 28.5 Å². The molecule has 0 unspecified atom stereocenters. The number of pyridine rings is 1. The second-order valence-electron chi connectivity index (χ2n) is 7.78. The van der Waals surface area contributed by atoms with Gasteiger partial charge in [0.2, 0.25) is 0 Å². The van der Waals surface area contributed by atoms with E-state index >= 15 is 0 Å². The van der Waals surface area contributed by atoms with Crippen molar-refractivity contribution in [3.8, 4) is 17.2 Å². The summed E-state index contributed by atoms with van der Waals surface area (Å²) in [6, 6.07) is 18.0. The Morgan fingerprint density at radius 3 is 2.38 bits per heavy atom. The molecule has 0 fully saturated rings. The number of nitrogens with two attached hydrogens (primary N) is 1. The van der Waals surface area contributed by atoms with Gasteiger partial charge in [0.15, 0.2) is 11.5 Å². The lowest BCUT2D eigenvalue weighted by Crippen LogP contribution is -2.16. The Hall–Kier alpha value is -3.25. The number of rotatable bonds is 12. The third kappa shape index (κ3) is 6.89.